The minimum atomic E-state index is -1.11. The van der Waals surface area contributed by atoms with E-state index in [0.29, 0.717) is 9.37 Å². The monoisotopic (exact) mass is 648 g/mol. The van der Waals surface area contributed by atoms with Crippen molar-refractivity contribution in [3.8, 4) is 0 Å². The lowest BCUT2D eigenvalue weighted by Gasteiger charge is -2.44. The first-order valence-corrected chi connectivity index (χ1v) is 13.3. The summed E-state index contributed by atoms with van der Waals surface area (Å²) in [5.41, 5.74) is -0.819. The van der Waals surface area contributed by atoms with Gasteiger partial charge >= 0.3 is 17.9 Å². The number of halogens is 2. The molecule has 1 saturated heterocycles. The van der Waals surface area contributed by atoms with Crippen LogP contribution in [0.5, 0.6) is 0 Å². The van der Waals surface area contributed by atoms with Crippen molar-refractivity contribution in [1.82, 2.24) is 20.0 Å². The molecule has 0 spiro atoms. The quantitative estimate of drug-likeness (QED) is 0.170. The summed E-state index contributed by atoms with van der Waals surface area (Å²) in [7, 11) is 0. The molecule has 2 aromatic heterocycles. The molecule has 36 heavy (non-hydrogen) atoms. The molecule has 194 valence electrons. The second-order valence-corrected chi connectivity index (χ2v) is 10.2. The zero-order valence-corrected chi connectivity index (χ0v) is 23.3. The average molecular weight is 650 g/mol. The van der Waals surface area contributed by atoms with E-state index in [2.05, 4.69) is 47.2 Å². The van der Waals surface area contributed by atoms with Gasteiger partial charge < -0.3 is 18.9 Å². The number of pyridine rings is 1. The summed E-state index contributed by atoms with van der Waals surface area (Å²) in [4.78, 5) is 52.7. The van der Waals surface area contributed by atoms with Gasteiger partial charge in [0.2, 0.25) is 0 Å². The van der Waals surface area contributed by atoms with Gasteiger partial charge in [-0.15, -0.1) is 5.10 Å². The highest BCUT2D eigenvalue weighted by Gasteiger charge is 2.52. The zero-order valence-electron chi connectivity index (χ0n) is 19.3. The van der Waals surface area contributed by atoms with Gasteiger partial charge in [0.25, 0.3) is 0 Å². The van der Waals surface area contributed by atoms with E-state index in [4.69, 9.17) is 18.9 Å². The highest BCUT2D eigenvalue weighted by atomic mass is 79.9. The van der Waals surface area contributed by atoms with Crippen molar-refractivity contribution in [2.45, 2.75) is 55.5 Å². The lowest BCUT2D eigenvalue weighted by molar-refractivity contribution is -0.212. The van der Waals surface area contributed by atoms with E-state index in [1.165, 1.54) is 43.4 Å². The maximum atomic E-state index is 12.2. The van der Waals surface area contributed by atoms with Crippen LogP contribution in [0.1, 0.15) is 37.3 Å². The predicted octanol–water partition coefficient (Wildman–Crippen LogP) is 2.50. The Morgan fingerprint density at radius 2 is 1.78 bits per heavy atom. The number of Topliss-reactive ketones (excluding diaryl/α,β-unsaturated/α-hetero) is 1. The Kier molecular flexibility index (Phi) is 9.99. The van der Waals surface area contributed by atoms with Crippen molar-refractivity contribution in [1.29, 1.82) is 0 Å². The van der Waals surface area contributed by atoms with Gasteiger partial charge in [-0.2, -0.15) is 0 Å². The number of rotatable bonds is 9. The number of nitrogens with zero attached hydrogens (tertiary/aromatic N) is 4. The van der Waals surface area contributed by atoms with E-state index in [-0.39, 0.29) is 23.4 Å². The summed E-state index contributed by atoms with van der Waals surface area (Å²) >= 11 is 7.66. The lowest BCUT2D eigenvalue weighted by atomic mass is 9.96. The third-order valence-electron chi connectivity index (χ3n) is 4.83. The van der Waals surface area contributed by atoms with Gasteiger partial charge in [0, 0.05) is 42.5 Å². The first-order chi connectivity index (χ1) is 17.1. The number of carbonyl (C=O) groups excluding carboxylic acids is 4. The first-order valence-electron chi connectivity index (χ1n) is 10.5. The van der Waals surface area contributed by atoms with Crippen LogP contribution in [0.15, 0.2) is 34.0 Å². The Morgan fingerprint density at radius 1 is 1.08 bits per heavy atom. The normalized spacial score (nSPS) is 23.5. The van der Waals surface area contributed by atoms with Gasteiger partial charge in [-0.05, 0) is 22.0 Å². The molecule has 3 rings (SSSR count). The van der Waals surface area contributed by atoms with E-state index in [9.17, 15) is 19.2 Å². The molecule has 5 unspecified atom stereocenters. The van der Waals surface area contributed by atoms with Gasteiger partial charge in [0.15, 0.2) is 18.0 Å². The molecule has 15 heteroatoms. The van der Waals surface area contributed by atoms with Crippen molar-refractivity contribution >= 4 is 67.3 Å². The van der Waals surface area contributed by atoms with Crippen LogP contribution in [-0.2, 0) is 33.3 Å². The minimum Gasteiger partial charge on any atom is -0.463 e. The summed E-state index contributed by atoms with van der Waals surface area (Å²) in [5.74, 6) is -2.17. The maximum Gasteiger partial charge on any atom is 0.303 e. The Labute approximate surface area is 227 Å². The van der Waals surface area contributed by atoms with E-state index in [1.54, 1.807) is 18.5 Å². The van der Waals surface area contributed by atoms with Crippen LogP contribution in [0.4, 0.5) is 0 Å². The third-order valence-corrected chi connectivity index (χ3v) is 6.88. The van der Waals surface area contributed by atoms with Gasteiger partial charge in [0.1, 0.15) is 29.9 Å². The van der Waals surface area contributed by atoms with Crippen LogP contribution >= 0.6 is 43.6 Å². The standard InChI is InChI=1S/C21H22Br2N4O8S/c1-10(28)32-9-17-19(33-11(2)29)18(27-8-15(25-26-27)16(31)5-22)20(34-12(3)30)21(35-17)36-14-4-13(23)6-24-7-14/h4,6-8,17-21H,5,9H2,1-3H3. The van der Waals surface area contributed by atoms with Crippen LogP contribution in [0.2, 0.25) is 0 Å². The number of alkyl halides is 1. The molecule has 0 amide bonds. The highest BCUT2D eigenvalue weighted by molar-refractivity contribution is 9.10. The average Bonchev–Trinajstić information content (AvgIpc) is 3.28. The number of hydrogen-bond acceptors (Lipinski definition) is 12. The smallest absolute Gasteiger partial charge is 0.303 e. The highest BCUT2D eigenvalue weighted by Crippen LogP contribution is 2.41. The molecule has 0 aliphatic carbocycles. The zero-order chi connectivity index (χ0) is 26.4. The Hall–Kier alpha value is -2.36. The third kappa shape index (κ3) is 7.33. The number of aromatic nitrogens is 4. The predicted molar refractivity (Wildman–Crippen MR) is 131 cm³/mol. The SMILES string of the molecule is CC(=O)OCC1OC(Sc2cncc(Br)c2)C(OC(C)=O)C(n2cc(C(=O)CBr)nn2)C1OC(C)=O. The van der Waals surface area contributed by atoms with Gasteiger partial charge in [-0.25, -0.2) is 4.68 Å². The number of esters is 3. The molecule has 12 nitrogen and oxygen atoms in total. The van der Waals surface area contributed by atoms with E-state index < -0.39 is 47.7 Å². The Bertz CT molecular complexity index is 1130. The van der Waals surface area contributed by atoms with Crippen LogP contribution in [0.25, 0.3) is 0 Å². The molecular weight excluding hydrogens is 628 g/mol. The van der Waals surface area contributed by atoms with Crippen molar-refractivity contribution in [2.24, 2.45) is 0 Å². The van der Waals surface area contributed by atoms with Crippen molar-refractivity contribution in [3.05, 3.63) is 34.8 Å². The summed E-state index contributed by atoms with van der Waals surface area (Å²) in [6.45, 7) is 3.41. The molecule has 0 radical (unpaired) electrons. The van der Waals surface area contributed by atoms with E-state index in [0.717, 1.165) is 0 Å². The molecule has 2 aromatic rings. The largest absolute Gasteiger partial charge is 0.463 e. The van der Waals surface area contributed by atoms with Crippen molar-refractivity contribution < 1.29 is 38.1 Å². The fraction of sp³-hybridized carbons (Fsp3) is 0.476. The fourth-order valence-corrected chi connectivity index (χ4v) is 5.43. The molecule has 0 aromatic carbocycles. The van der Waals surface area contributed by atoms with Gasteiger partial charge in [0.05, 0.1) is 11.5 Å². The molecule has 3 heterocycles. The molecule has 0 saturated carbocycles. The van der Waals surface area contributed by atoms with Gasteiger partial charge in [-0.3, -0.25) is 24.2 Å². The molecule has 1 aliphatic rings. The number of carbonyl (C=O) groups is 4. The molecule has 0 bridgehead atoms. The van der Waals surface area contributed by atoms with Crippen molar-refractivity contribution in [2.75, 3.05) is 11.9 Å². The first kappa shape index (κ1) is 28.2. The number of ether oxygens (including phenoxy) is 4. The Balaban J connectivity index is 2.10. The topological polar surface area (TPSA) is 149 Å². The summed E-state index contributed by atoms with van der Waals surface area (Å²) in [6.07, 6.45) is 1.44. The number of thioether (sulfide) groups is 1. The van der Waals surface area contributed by atoms with Crippen LogP contribution < -0.4 is 0 Å². The fourth-order valence-electron chi connectivity index (χ4n) is 3.49. The van der Waals surface area contributed by atoms with Crippen LogP contribution in [0, 0.1) is 0 Å². The molecule has 1 aliphatic heterocycles. The van der Waals surface area contributed by atoms with Gasteiger partial charge in [-0.1, -0.05) is 32.9 Å². The number of hydrogen-bond donors (Lipinski definition) is 0. The second-order valence-electron chi connectivity index (χ2n) is 7.58. The molecule has 5 atom stereocenters. The molecule has 0 N–H and O–H groups in total. The lowest BCUT2D eigenvalue weighted by Crippen LogP contribution is -2.57. The Morgan fingerprint density at radius 3 is 2.39 bits per heavy atom. The summed E-state index contributed by atoms with van der Waals surface area (Å²) in [5, 5.41) is 7.99. The molecular formula is C21H22Br2N4O8S. The second kappa shape index (κ2) is 12.7. The maximum absolute atomic E-state index is 12.2. The summed E-state index contributed by atoms with van der Waals surface area (Å²) in [6, 6.07) is 0.816. The van der Waals surface area contributed by atoms with E-state index >= 15 is 0 Å². The molecule has 1 fully saturated rings. The summed E-state index contributed by atoms with van der Waals surface area (Å²) < 4.78 is 24.6. The van der Waals surface area contributed by atoms with E-state index in [1.807, 2.05) is 0 Å². The van der Waals surface area contributed by atoms with Crippen LogP contribution in [0.3, 0.4) is 0 Å². The van der Waals surface area contributed by atoms with Crippen molar-refractivity contribution in [3.63, 3.8) is 0 Å². The minimum absolute atomic E-state index is 0.0175. The van der Waals surface area contributed by atoms with Crippen LogP contribution in [-0.4, -0.2) is 79.4 Å². The number of ketones is 1.